The molecule has 0 saturated heterocycles. The molecule has 0 spiro atoms. The van der Waals surface area contributed by atoms with Crippen LogP contribution in [0.2, 0.25) is 0 Å². The lowest BCUT2D eigenvalue weighted by atomic mass is 9.99. The summed E-state index contributed by atoms with van der Waals surface area (Å²) in [5.74, 6) is 0.279. The van der Waals surface area contributed by atoms with Crippen LogP contribution in [-0.4, -0.2) is 10.1 Å². The van der Waals surface area contributed by atoms with Gasteiger partial charge in [0.2, 0.25) is 0 Å². The minimum absolute atomic E-state index is 0.279. The third kappa shape index (κ3) is 1.04. The van der Waals surface area contributed by atoms with Gasteiger partial charge in [-0.15, -0.1) is 0 Å². The lowest BCUT2D eigenvalue weighted by molar-refractivity contribution is 0.455. The van der Waals surface area contributed by atoms with E-state index in [-0.39, 0.29) is 5.88 Å². The zero-order valence-corrected chi connectivity index (χ0v) is 6.52. The molecular weight excluding hydrogens is 138 g/mol. The summed E-state index contributed by atoms with van der Waals surface area (Å²) in [6, 6.07) is 1.78. The standard InChI is InChI=1S/C9H11NO/c1-6-2-3-8-7(4-6)5-9(11)10-8/h4-5,10-11H,2-3H2,1H3. The molecule has 0 bridgehead atoms. The second kappa shape index (κ2) is 2.16. The number of aryl methyl sites for hydroxylation is 1. The number of aromatic hydroxyl groups is 1. The summed E-state index contributed by atoms with van der Waals surface area (Å²) in [6.45, 7) is 2.12. The summed E-state index contributed by atoms with van der Waals surface area (Å²) < 4.78 is 0. The molecule has 11 heavy (non-hydrogen) atoms. The Bertz CT molecular complexity index is 309. The summed E-state index contributed by atoms with van der Waals surface area (Å²) in [4.78, 5) is 2.93. The Morgan fingerprint density at radius 3 is 3.09 bits per heavy atom. The van der Waals surface area contributed by atoms with E-state index in [9.17, 15) is 0 Å². The second-order valence-electron chi connectivity index (χ2n) is 3.08. The molecule has 58 valence electrons. The van der Waals surface area contributed by atoms with Crippen molar-refractivity contribution in [2.24, 2.45) is 0 Å². The Morgan fingerprint density at radius 1 is 1.45 bits per heavy atom. The second-order valence-corrected chi connectivity index (χ2v) is 3.08. The van der Waals surface area contributed by atoms with Crippen LogP contribution in [0.1, 0.15) is 24.6 Å². The summed E-state index contributed by atoms with van der Waals surface area (Å²) in [7, 11) is 0. The number of rotatable bonds is 0. The fourth-order valence-corrected chi connectivity index (χ4v) is 1.49. The van der Waals surface area contributed by atoms with Crippen molar-refractivity contribution in [2.75, 3.05) is 0 Å². The van der Waals surface area contributed by atoms with Crippen LogP contribution in [0.25, 0.3) is 6.08 Å². The molecule has 0 aliphatic heterocycles. The van der Waals surface area contributed by atoms with Crippen molar-refractivity contribution in [1.29, 1.82) is 0 Å². The molecule has 1 heterocycles. The molecule has 1 aliphatic rings. The quantitative estimate of drug-likeness (QED) is 0.582. The Kier molecular flexibility index (Phi) is 1.28. The van der Waals surface area contributed by atoms with E-state index in [4.69, 9.17) is 5.11 Å². The van der Waals surface area contributed by atoms with E-state index in [2.05, 4.69) is 18.0 Å². The average Bonchev–Trinajstić information content (AvgIpc) is 2.27. The van der Waals surface area contributed by atoms with Crippen molar-refractivity contribution in [3.8, 4) is 5.88 Å². The van der Waals surface area contributed by atoms with Gasteiger partial charge in [-0.25, -0.2) is 0 Å². The van der Waals surface area contributed by atoms with Crippen LogP contribution in [0.15, 0.2) is 11.6 Å². The van der Waals surface area contributed by atoms with Gasteiger partial charge in [-0.05, 0) is 25.3 Å². The lowest BCUT2D eigenvalue weighted by Crippen LogP contribution is -1.94. The van der Waals surface area contributed by atoms with Crippen molar-refractivity contribution in [3.05, 3.63) is 22.9 Å². The summed E-state index contributed by atoms with van der Waals surface area (Å²) >= 11 is 0. The van der Waals surface area contributed by atoms with E-state index in [1.54, 1.807) is 6.07 Å². The number of allylic oxidation sites excluding steroid dienone is 1. The van der Waals surface area contributed by atoms with Gasteiger partial charge in [0.25, 0.3) is 0 Å². The summed E-state index contributed by atoms with van der Waals surface area (Å²) in [5, 5.41) is 9.13. The number of H-pyrrole nitrogens is 1. The molecule has 2 heteroatoms. The highest BCUT2D eigenvalue weighted by Gasteiger charge is 2.10. The van der Waals surface area contributed by atoms with Crippen LogP contribution in [0.3, 0.4) is 0 Å². The minimum atomic E-state index is 0.279. The Hall–Kier alpha value is -1.18. The lowest BCUT2D eigenvalue weighted by Gasteiger charge is -2.07. The fraction of sp³-hybridized carbons (Fsp3) is 0.333. The third-order valence-corrected chi connectivity index (χ3v) is 2.09. The number of hydrogen-bond acceptors (Lipinski definition) is 1. The highest BCUT2D eigenvalue weighted by molar-refractivity contribution is 5.59. The number of fused-ring (bicyclic) bond motifs is 1. The predicted molar refractivity (Wildman–Crippen MR) is 44.4 cm³/mol. The zero-order chi connectivity index (χ0) is 7.84. The molecule has 0 radical (unpaired) electrons. The largest absolute Gasteiger partial charge is 0.495 e. The molecule has 0 unspecified atom stereocenters. The van der Waals surface area contributed by atoms with Crippen LogP contribution in [0.5, 0.6) is 5.88 Å². The van der Waals surface area contributed by atoms with Gasteiger partial charge >= 0.3 is 0 Å². The molecule has 2 rings (SSSR count). The van der Waals surface area contributed by atoms with Crippen LogP contribution in [0.4, 0.5) is 0 Å². The van der Waals surface area contributed by atoms with E-state index in [0.717, 1.165) is 24.1 Å². The molecule has 0 atom stereocenters. The van der Waals surface area contributed by atoms with Gasteiger partial charge in [0, 0.05) is 11.8 Å². The fourth-order valence-electron chi connectivity index (χ4n) is 1.49. The van der Waals surface area contributed by atoms with Gasteiger partial charge in [-0.3, -0.25) is 0 Å². The first kappa shape index (κ1) is 6.53. The minimum Gasteiger partial charge on any atom is -0.495 e. The molecule has 0 amide bonds. The third-order valence-electron chi connectivity index (χ3n) is 2.09. The molecule has 0 fully saturated rings. The van der Waals surface area contributed by atoms with E-state index in [1.807, 2.05) is 0 Å². The van der Waals surface area contributed by atoms with Crippen LogP contribution in [-0.2, 0) is 6.42 Å². The van der Waals surface area contributed by atoms with E-state index < -0.39 is 0 Å². The van der Waals surface area contributed by atoms with Gasteiger partial charge in [-0.2, -0.15) is 0 Å². The van der Waals surface area contributed by atoms with Crippen molar-refractivity contribution < 1.29 is 5.11 Å². The van der Waals surface area contributed by atoms with E-state index in [0.29, 0.717) is 0 Å². The number of aromatic nitrogens is 1. The van der Waals surface area contributed by atoms with Crippen molar-refractivity contribution in [2.45, 2.75) is 19.8 Å². The summed E-state index contributed by atoms with van der Waals surface area (Å²) in [6.07, 6.45) is 4.25. The van der Waals surface area contributed by atoms with Gasteiger partial charge in [-0.1, -0.05) is 11.6 Å². The zero-order valence-electron chi connectivity index (χ0n) is 6.52. The first-order valence-electron chi connectivity index (χ1n) is 3.84. The van der Waals surface area contributed by atoms with Crippen LogP contribution in [0, 0.1) is 0 Å². The van der Waals surface area contributed by atoms with Crippen LogP contribution >= 0.6 is 0 Å². The Labute approximate surface area is 65.6 Å². The van der Waals surface area contributed by atoms with Crippen molar-refractivity contribution in [3.63, 3.8) is 0 Å². The van der Waals surface area contributed by atoms with E-state index in [1.165, 1.54) is 5.57 Å². The smallest absolute Gasteiger partial charge is 0.189 e. The monoisotopic (exact) mass is 149 g/mol. The van der Waals surface area contributed by atoms with Gasteiger partial charge in [0.1, 0.15) is 0 Å². The molecule has 0 aromatic carbocycles. The van der Waals surface area contributed by atoms with Crippen LogP contribution < -0.4 is 0 Å². The highest BCUT2D eigenvalue weighted by Crippen LogP contribution is 2.25. The summed E-state index contributed by atoms with van der Waals surface area (Å²) in [5.41, 5.74) is 3.69. The number of nitrogens with one attached hydrogen (secondary N) is 1. The maximum absolute atomic E-state index is 9.13. The van der Waals surface area contributed by atoms with Gasteiger partial charge in [0.05, 0.1) is 0 Å². The molecule has 1 aliphatic carbocycles. The molecular formula is C9H11NO. The van der Waals surface area contributed by atoms with Gasteiger partial charge in [0.15, 0.2) is 5.88 Å². The predicted octanol–water partition coefficient (Wildman–Crippen LogP) is 2.07. The molecule has 1 aromatic heterocycles. The van der Waals surface area contributed by atoms with Crippen molar-refractivity contribution >= 4 is 6.08 Å². The molecule has 0 saturated carbocycles. The normalized spacial score (nSPS) is 15.9. The van der Waals surface area contributed by atoms with E-state index >= 15 is 0 Å². The maximum Gasteiger partial charge on any atom is 0.189 e. The topological polar surface area (TPSA) is 36.0 Å². The number of hydrogen-bond donors (Lipinski definition) is 2. The first-order chi connectivity index (χ1) is 5.25. The molecule has 2 N–H and O–H groups in total. The molecule has 2 nitrogen and oxygen atoms in total. The Morgan fingerprint density at radius 2 is 2.27 bits per heavy atom. The first-order valence-corrected chi connectivity index (χ1v) is 3.84. The Balaban J connectivity index is 2.50. The van der Waals surface area contributed by atoms with Gasteiger partial charge < -0.3 is 10.1 Å². The SMILES string of the molecule is CC1=Cc2cc(O)[nH]c2CC1. The van der Waals surface area contributed by atoms with Crippen molar-refractivity contribution in [1.82, 2.24) is 4.98 Å². The molecule has 1 aromatic rings. The number of aromatic amines is 1. The maximum atomic E-state index is 9.13. The average molecular weight is 149 g/mol. The highest BCUT2D eigenvalue weighted by atomic mass is 16.3.